The van der Waals surface area contributed by atoms with E-state index in [4.69, 9.17) is 5.11 Å². The summed E-state index contributed by atoms with van der Waals surface area (Å²) in [6, 6.07) is 1.26. The number of hydrogen-bond acceptors (Lipinski definition) is 4. The molecular weight excluding hydrogens is 286 g/mol. The Hall–Kier alpha value is -2.64. The smallest absolute Gasteiger partial charge is 0.325 e. The maximum Gasteiger partial charge on any atom is 0.325 e. The van der Waals surface area contributed by atoms with Gasteiger partial charge in [-0.1, -0.05) is 0 Å². The standard InChI is InChI=1S/C14H19N5O3/c1-4-18-10(3)11(7-16-18)9(2)17-14(22)12-5-6-15-19(12)8-13(20)21/h5-7,9H,4,8H2,1-3H3,(H,17,22)(H,20,21). The van der Waals surface area contributed by atoms with Crippen molar-refractivity contribution in [2.75, 3.05) is 0 Å². The molecule has 0 aliphatic heterocycles. The average Bonchev–Trinajstić information content (AvgIpc) is 3.04. The van der Waals surface area contributed by atoms with Crippen LogP contribution in [0.5, 0.6) is 0 Å². The van der Waals surface area contributed by atoms with E-state index in [-0.39, 0.29) is 24.2 Å². The quantitative estimate of drug-likeness (QED) is 0.828. The zero-order valence-corrected chi connectivity index (χ0v) is 12.8. The van der Waals surface area contributed by atoms with Gasteiger partial charge in [-0.2, -0.15) is 10.2 Å². The summed E-state index contributed by atoms with van der Waals surface area (Å²) >= 11 is 0. The summed E-state index contributed by atoms with van der Waals surface area (Å²) in [6.07, 6.45) is 3.14. The predicted molar refractivity (Wildman–Crippen MR) is 78.4 cm³/mol. The Bertz CT molecular complexity index is 688. The lowest BCUT2D eigenvalue weighted by molar-refractivity contribution is -0.137. The van der Waals surface area contributed by atoms with Gasteiger partial charge in [-0.25, -0.2) is 4.68 Å². The molecule has 22 heavy (non-hydrogen) atoms. The largest absolute Gasteiger partial charge is 0.480 e. The first-order valence-corrected chi connectivity index (χ1v) is 7.00. The van der Waals surface area contributed by atoms with Gasteiger partial charge in [0.05, 0.1) is 12.2 Å². The van der Waals surface area contributed by atoms with E-state index >= 15 is 0 Å². The molecule has 1 unspecified atom stereocenters. The number of aliphatic carboxylic acids is 1. The fraction of sp³-hybridized carbons (Fsp3) is 0.429. The van der Waals surface area contributed by atoms with Gasteiger partial charge >= 0.3 is 5.97 Å². The van der Waals surface area contributed by atoms with Gasteiger partial charge in [0.25, 0.3) is 5.91 Å². The van der Waals surface area contributed by atoms with Crippen LogP contribution >= 0.6 is 0 Å². The number of carbonyl (C=O) groups excluding carboxylic acids is 1. The summed E-state index contributed by atoms with van der Waals surface area (Å²) in [4.78, 5) is 23.0. The zero-order valence-electron chi connectivity index (χ0n) is 12.8. The Balaban J connectivity index is 2.13. The molecule has 2 aromatic rings. The molecule has 0 aliphatic carbocycles. The molecule has 0 fully saturated rings. The number of nitrogens with one attached hydrogen (secondary N) is 1. The number of aryl methyl sites for hydroxylation is 1. The molecule has 8 heteroatoms. The van der Waals surface area contributed by atoms with Gasteiger partial charge in [-0.05, 0) is 26.8 Å². The summed E-state index contributed by atoms with van der Waals surface area (Å²) in [5.74, 6) is -1.42. The number of aromatic nitrogens is 4. The molecule has 0 radical (unpaired) electrons. The van der Waals surface area contributed by atoms with E-state index in [1.807, 2.05) is 25.5 Å². The molecule has 8 nitrogen and oxygen atoms in total. The van der Waals surface area contributed by atoms with Crippen molar-refractivity contribution in [1.82, 2.24) is 24.9 Å². The first-order valence-electron chi connectivity index (χ1n) is 7.00. The molecule has 0 saturated carbocycles. The topological polar surface area (TPSA) is 102 Å². The Morgan fingerprint density at radius 1 is 1.36 bits per heavy atom. The van der Waals surface area contributed by atoms with Gasteiger partial charge in [-0.15, -0.1) is 0 Å². The van der Waals surface area contributed by atoms with Crippen molar-refractivity contribution in [2.45, 2.75) is 39.9 Å². The third kappa shape index (κ3) is 3.16. The summed E-state index contributed by atoms with van der Waals surface area (Å²) in [5.41, 5.74) is 2.14. The van der Waals surface area contributed by atoms with E-state index in [0.717, 1.165) is 22.5 Å². The molecule has 118 valence electrons. The van der Waals surface area contributed by atoms with Gasteiger partial charge in [-0.3, -0.25) is 14.3 Å². The van der Waals surface area contributed by atoms with Gasteiger partial charge in [0, 0.05) is 24.0 Å². The molecule has 2 rings (SSSR count). The van der Waals surface area contributed by atoms with E-state index in [0.29, 0.717) is 0 Å². The molecule has 0 aliphatic rings. The Morgan fingerprint density at radius 3 is 2.68 bits per heavy atom. The minimum absolute atomic E-state index is 0.217. The summed E-state index contributed by atoms with van der Waals surface area (Å²) in [6.45, 7) is 6.22. The molecule has 0 aromatic carbocycles. The lowest BCUT2D eigenvalue weighted by atomic mass is 10.1. The number of carboxylic acid groups (broad SMARTS) is 1. The first-order chi connectivity index (χ1) is 10.4. The lowest BCUT2D eigenvalue weighted by Gasteiger charge is -2.14. The van der Waals surface area contributed by atoms with Gasteiger partial charge in [0.1, 0.15) is 12.2 Å². The monoisotopic (exact) mass is 305 g/mol. The van der Waals surface area contributed by atoms with Crippen LogP contribution in [0.3, 0.4) is 0 Å². The first kappa shape index (κ1) is 15.7. The Labute approximate surface area is 127 Å². The molecule has 0 bridgehead atoms. The molecule has 2 heterocycles. The minimum atomic E-state index is -1.05. The normalized spacial score (nSPS) is 12.1. The third-order valence-corrected chi connectivity index (χ3v) is 3.49. The van der Waals surface area contributed by atoms with Crippen LogP contribution in [0.2, 0.25) is 0 Å². The Morgan fingerprint density at radius 2 is 2.09 bits per heavy atom. The molecular formula is C14H19N5O3. The van der Waals surface area contributed by atoms with Gasteiger partial charge in [0.2, 0.25) is 0 Å². The zero-order chi connectivity index (χ0) is 16.3. The van der Waals surface area contributed by atoms with E-state index in [1.165, 1.54) is 12.3 Å². The van der Waals surface area contributed by atoms with Crippen molar-refractivity contribution in [2.24, 2.45) is 0 Å². The highest BCUT2D eigenvalue weighted by Gasteiger charge is 2.19. The summed E-state index contributed by atoms with van der Waals surface area (Å²) < 4.78 is 3.01. The number of hydrogen-bond donors (Lipinski definition) is 2. The maximum absolute atomic E-state index is 12.3. The molecule has 1 atom stereocenters. The van der Waals surface area contributed by atoms with Gasteiger partial charge < -0.3 is 10.4 Å². The second-order valence-electron chi connectivity index (χ2n) is 4.96. The Kier molecular flexibility index (Phi) is 4.59. The molecule has 1 amide bonds. The highest BCUT2D eigenvalue weighted by molar-refractivity contribution is 5.93. The number of carboxylic acids is 1. The lowest BCUT2D eigenvalue weighted by Crippen LogP contribution is -2.30. The molecule has 2 N–H and O–H groups in total. The van der Waals surface area contributed by atoms with Crippen LogP contribution in [0.4, 0.5) is 0 Å². The SMILES string of the molecule is CCn1ncc(C(C)NC(=O)c2ccnn2CC(=O)O)c1C. The second kappa shape index (κ2) is 6.42. The average molecular weight is 305 g/mol. The number of rotatable bonds is 6. The summed E-state index contributed by atoms with van der Waals surface area (Å²) in [7, 11) is 0. The van der Waals surface area contributed by atoms with Crippen LogP contribution in [-0.2, 0) is 17.9 Å². The maximum atomic E-state index is 12.3. The van der Waals surface area contributed by atoms with Crippen molar-refractivity contribution >= 4 is 11.9 Å². The van der Waals surface area contributed by atoms with Crippen molar-refractivity contribution in [3.05, 3.63) is 35.4 Å². The van der Waals surface area contributed by atoms with E-state index in [9.17, 15) is 9.59 Å². The van der Waals surface area contributed by atoms with Crippen molar-refractivity contribution < 1.29 is 14.7 Å². The molecule has 0 spiro atoms. The fourth-order valence-corrected chi connectivity index (χ4v) is 2.33. The van der Waals surface area contributed by atoms with Gasteiger partial charge in [0.15, 0.2) is 0 Å². The highest BCUT2D eigenvalue weighted by Crippen LogP contribution is 2.17. The summed E-state index contributed by atoms with van der Waals surface area (Å²) in [5, 5.41) is 19.8. The van der Waals surface area contributed by atoms with Crippen molar-refractivity contribution in [1.29, 1.82) is 0 Å². The van der Waals surface area contributed by atoms with Crippen LogP contribution in [-0.4, -0.2) is 36.5 Å². The minimum Gasteiger partial charge on any atom is -0.480 e. The third-order valence-electron chi connectivity index (χ3n) is 3.49. The van der Waals surface area contributed by atoms with Crippen LogP contribution in [0.25, 0.3) is 0 Å². The van der Waals surface area contributed by atoms with Crippen LogP contribution < -0.4 is 5.32 Å². The van der Waals surface area contributed by atoms with E-state index in [2.05, 4.69) is 15.5 Å². The number of amides is 1. The number of carbonyl (C=O) groups is 2. The fourth-order valence-electron chi connectivity index (χ4n) is 2.33. The van der Waals surface area contributed by atoms with Crippen LogP contribution in [0, 0.1) is 6.92 Å². The van der Waals surface area contributed by atoms with Crippen LogP contribution in [0.15, 0.2) is 18.5 Å². The van der Waals surface area contributed by atoms with E-state index in [1.54, 1.807) is 6.20 Å². The van der Waals surface area contributed by atoms with Crippen molar-refractivity contribution in [3.63, 3.8) is 0 Å². The predicted octanol–water partition coefficient (Wildman–Crippen LogP) is 0.984. The number of nitrogens with zero attached hydrogens (tertiary/aromatic N) is 4. The van der Waals surface area contributed by atoms with Crippen molar-refractivity contribution in [3.8, 4) is 0 Å². The second-order valence-corrected chi connectivity index (χ2v) is 4.96. The van der Waals surface area contributed by atoms with Crippen LogP contribution in [0.1, 0.15) is 41.6 Å². The van der Waals surface area contributed by atoms with E-state index < -0.39 is 5.97 Å². The molecule has 0 saturated heterocycles. The highest BCUT2D eigenvalue weighted by atomic mass is 16.4. The molecule has 2 aromatic heterocycles.